The molecule has 0 radical (unpaired) electrons. The number of carbonyl (C=O) groups is 1. The molecule has 2 aromatic rings. The third-order valence-electron chi connectivity index (χ3n) is 3.77. The number of aromatic nitrogens is 2. The van der Waals surface area contributed by atoms with Gasteiger partial charge in [0.05, 0.1) is 11.3 Å². The van der Waals surface area contributed by atoms with Gasteiger partial charge in [-0.05, 0) is 44.9 Å². The number of carbonyl (C=O) groups excluding carboxylic acids is 1. The summed E-state index contributed by atoms with van der Waals surface area (Å²) >= 11 is 0. The molecular formula is C16H18F2N2O. The zero-order valence-electron chi connectivity index (χ0n) is 12.6. The van der Waals surface area contributed by atoms with E-state index in [-0.39, 0.29) is 5.56 Å². The lowest BCUT2D eigenvalue weighted by atomic mass is 10.0. The SMILES string of the molecule is CCc1c(C)nn(C(C)C(=O)c2ccc(F)cc2F)c1C. The van der Waals surface area contributed by atoms with E-state index in [2.05, 4.69) is 5.10 Å². The third-order valence-corrected chi connectivity index (χ3v) is 3.77. The van der Waals surface area contributed by atoms with Gasteiger partial charge in [-0.2, -0.15) is 5.10 Å². The van der Waals surface area contributed by atoms with Gasteiger partial charge in [0.15, 0.2) is 5.78 Å². The van der Waals surface area contributed by atoms with Crippen LogP contribution in [0.3, 0.4) is 0 Å². The Balaban J connectivity index is 2.40. The first-order valence-electron chi connectivity index (χ1n) is 6.90. The molecule has 0 aliphatic carbocycles. The normalized spacial score (nSPS) is 12.5. The second kappa shape index (κ2) is 5.76. The quantitative estimate of drug-likeness (QED) is 0.804. The molecule has 1 atom stereocenters. The summed E-state index contributed by atoms with van der Waals surface area (Å²) in [6.07, 6.45) is 0.823. The first-order chi connectivity index (χ1) is 9.86. The highest BCUT2D eigenvalue weighted by atomic mass is 19.1. The Morgan fingerprint density at radius 2 is 2.00 bits per heavy atom. The highest BCUT2D eigenvalue weighted by Gasteiger charge is 2.24. The van der Waals surface area contributed by atoms with Gasteiger partial charge < -0.3 is 0 Å². The fourth-order valence-electron chi connectivity index (χ4n) is 2.61. The van der Waals surface area contributed by atoms with Crippen molar-refractivity contribution in [3.8, 4) is 0 Å². The topological polar surface area (TPSA) is 34.9 Å². The summed E-state index contributed by atoms with van der Waals surface area (Å²) in [5.74, 6) is -1.96. The van der Waals surface area contributed by atoms with Crippen LogP contribution in [-0.2, 0) is 6.42 Å². The predicted octanol–water partition coefficient (Wildman–Crippen LogP) is 3.78. The van der Waals surface area contributed by atoms with Gasteiger partial charge in [-0.3, -0.25) is 9.48 Å². The fraction of sp³-hybridized carbons (Fsp3) is 0.375. The minimum absolute atomic E-state index is 0.116. The van der Waals surface area contributed by atoms with Gasteiger partial charge in [0.25, 0.3) is 0 Å². The van der Waals surface area contributed by atoms with Crippen LogP contribution in [-0.4, -0.2) is 15.6 Å². The second-order valence-corrected chi connectivity index (χ2v) is 5.11. The third kappa shape index (κ3) is 2.73. The minimum atomic E-state index is -0.843. The van der Waals surface area contributed by atoms with Crippen LogP contribution < -0.4 is 0 Å². The molecular weight excluding hydrogens is 274 g/mol. The van der Waals surface area contributed by atoms with Gasteiger partial charge in [0.2, 0.25) is 0 Å². The number of benzene rings is 1. The van der Waals surface area contributed by atoms with Gasteiger partial charge in [0.1, 0.15) is 17.7 Å². The zero-order valence-corrected chi connectivity index (χ0v) is 12.6. The van der Waals surface area contributed by atoms with Crippen molar-refractivity contribution in [2.75, 3.05) is 0 Å². The van der Waals surface area contributed by atoms with E-state index in [9.17, 15) is 13.6 Å². The van der Waals surface area contributed by atoms with Crippen LogP contribution in [0.2, 0.25) is 0 Å². The summed E-state index contributed by atoms with van der Waals surface area (Å²) in [6, 6.07) is 2.35. The molecule has 5 heteroatoms. The van der Waals surface area contributed by atoms with Crippen LogP contribution in [0, 0.1) is 25.5 Å². The van der Waals surface area contributed by atoms with Crippen molar-refractivity contribution in [3.63, 3.8) is 0 Å². The molecule has 0 aliphatic heterocycles. The Labute approximate surface area is 122 Å². The van der Waals surface area contributed by atoms with Crippen molar-refractivity contribution in [3.05, 3.63) is 52.3 Å². The summed E-state index contributed by atoms with van der Waals surface area (Å²) in [5, 5.41) is 4.37. The van der Waals surface area contributed by atoms with Crippen molar-refractivity contribution in [1.82, 2.24) is 9.78 Å². The molecule has 0 amide bonds. The number of nitrogens with zero attached hydrogens (tertiary/aromatic N) is 2. The second-order valence-electron chi connectivity index (χ2n) is 5.11. The molecule has 1 unspecified atom stereocenters. The van der Waals surface area contributed by atoms with Gasteiger partial charge in [-0.1, -0.05) is 6.92 Å². The number of rotatable bonds is 4. The molecule has 1 aromatic carbocycles. The van der Waals surface area contributed by atoms with Gasteiger partial charge >= 0.3 is 0 Å². The number of Topliss-reactive ketones (excluding diaryl/α,β-unsaturated/α-hetero) is 1. The lowest BCUT2D eigenvalue weighted by Crippen LogP contribution is -2.20. The number of hydrogen-bond acceptors (Lipinski definition) is 2. The van der Waals surface area contributed by atoms with Crippen molar-refractivity contribution in [1.29, 1.82) is 0 Å². The fourth-order valence-corrected chi connectivity index (χ4v) is 2.61. The van der Waals surface area contributed by atoms with Crippen LogP contribution >= 0.6 is 0 Å². The summed E-state index contributed by atoms with van der Waals surface area (Å²) in [7, 11) is 0. The van der Waals surface area contributed by atoms with E-state index in [1.165, 1.54) is 6.07 Å². The Hall–Kier alpha value is -2.04. The average molecular weight is 292 g/mol. The zero-order chi connectivity index (χ0) is 15.7. The smallest absolute Gasteiger partial charge is 0.190 e. The Morgan fingerprint density at radius 3 is 2.52 bits per heavy atom. The van der Waals surface area contributed by atoms with Crippen molar-refractivity contribution >= 4 is 5.78 Å². The molecule has 2 rings (SSSR count). The van der Waals surface area contributed by atoms with Gasteiger partial charge in [-0.15, -0.1) is 0 Å². The monoisotopic (exact) mass is 292 g/mol. The maximum atomic E-state index is 13.7. The van der Waals surface area contributed by atoms with Crippen LogP contribution in [0.4, 0.5) is 8.78 Å². The standard InChI is InChI=1S/C16H18F2N2O/c1-5-13-9(2)19-20(10(13)3)11(4)16(21)14-7-6-12(17)8-15(14)18/h6-8,11H,5H2,1-4H3. The van der Waals surface area contributed by atoms with Crippen LogP contribution in [0.15, 0.2) is 18.2 Å². The van der Waals surface area contributed by atoms with E-state index in [4.69, 9.17) is 0 Å². The van der Waals surface area contributed by atoms with Crippen molar-refractivity contribution in [2.24, 2.45) is 0 Å². The van der Waals surface area contributed by atoms with E-state index in [0.717, 1.165) is 35.5 Å². The Kier molecular flexibility index (Phi) is 4.21. The molecule has 0 saturated heterocycles. The van der Waals surface area contributed by atoms with Crippen molar-refractivity contribution in [2.45, 2.75) is 40.2 Å². The highest BCUT2D eigenvalue weighted by Crippen LogP contribution is 2.22. The van der Waals surface area contributed by atoms with E-state index in [1.54, 1.807) is 11.6 Å². The number of ketones is 1. The summed E-state index contributed by atoms with van der Waals surface area (Å²) in [6.45, 7) is 7.47. The Morgan fingerprint density at radius 1 is 1.33 bits per heavy atom. The molecule has 21 heavy (non-hydrogen) atoms. The van der Waals surface area contributed by atoms with E-state index in [1.807, 2.05) is 20.8 Å². The van der Waals surface area contributed by atoms with Crippen molar-refractivity contribution < 1.29 is 13.6 Å². The molecule has 1 aromatic heterocycles. The highest BCUT2D eigenvalue weighted by molar-refractivity contribution is 5.99. The molecule has 112 valence electrons. The first kappa shape index (κ1) is 15.4. The van der Waals surface area contributed by atoms with Gasteiger partial charge in [0, 0.05) is 11.8 Å². The molecule has 0 fully saturated rings. The number of halogens is 2. The largest absolute Gasteiger partial charge is 0.292 e. The molecule has 0 bridgehead atoms. The molecule has 0 saturated carbocycles. The molecule has 0 N–H and O–H groups in total. The maximum absolute atomic E-state index is 13.7. The predicted molar refractivity (Wildman–Crippen MR) is 76.5 cm³/mol. The summed E-state index contributed by atoms with van der Waals surface area (Å²) < 4.78 is 28.3. The summed E-state index contributed by atoms with van der Waals surface area (Å²) in [4.78, 5) is 12.4. The number of aryl methyl sites for hydroxylation is 1. The Bertz CT molecular complexity index is 692. The van der Waals surface area contributed by atoms with E-state index in [0.29, 0.717) is 0 Å². The lowest BCUT2D eigenvalue weighted by Gasteiger charge is -2.14. The average Bonchev–Trinajstić information content (AvgIpc) is 2.72. The minimum Gasteiger partial charge on any atom is -0.292 e. The van der Waals surface area contributed by atoms with E-state index >= 15 is 0 Å². The molecule has 0 spiro atoms. The van der Waals surface area contributed by atoms with Gasteiger partial charge in [-0.25, -0.2) is 8.78 Å². The molecule has 1 heterocycles. The maximum Gasteiger partial charge on any atom is 0.190 e. The lowest BCUT2D eigenvalue weighted by molar-refractivity contribution is 0.0922. The van der Waals surface area contributed by atoms with Crippen LogP contribution in [0.5, 0.6) is 0 Å². The van der Waals surface area contributed by atoms with Crippen LogP contribution in [0.1, 0.15) is 47.2 Å². The number of hydrogen-bond donors (Lipinski definition) is 0. The summed E-state index contributed by atoms with van der Waals surface area (Å²) in [5.41, 5.74) is 2.75. The van der Waals surface area contributed by atoms with Crippen LogP contribution in [0.25, 0.3) is 0 Å². The first-order valence-corrected chi connectivity index (χ1v) is 6.90. The molecule has 0 aliphatic rings. The van der Waals surface area contributed by atoms with E-state index < -0.39 is 23.5 Å². The molecule has 3 nitrogen and oxygen atoms in total.